The summed E-state index contributed by atoms with van der Waals surface area (Å²) in [5.74, 6) is 0.325. The molecular weight excluding hydrogens is 244 g/mol. The third-order valence-corrected chi connectivity index (χ3v) is 3.50. The molecule has 1 aromatic heterocycles. The van der Waals surface area contributed by atoms with Crippen LogP contribution >= 0.6 is 23.6 Å². The number of amides is 1. The largest absolute Gasteiger partial charge is 0.495 e. The van der Waals surface area contributed by atoms with Crippen LogP contribution in [0.2, 0.25) is 0 Å². The van der Waals surface area contributed by atoms with Crippen molar-refractivity contribution in [1.82, 2.24) is 5.32 Å². The highest BCUT2D eigenvalue weighted by Gasteiger charge is 2.26. The second-order valence-corrected chi connectivity index (χ2v) is 5.12. The van der Waals surface area contributed by atoms with Crippen molar-refractivity contribution < 1.29 is 9.53 Å². The Kier molecular flexibility index (Phi) is 3.88. The minimum absolute atomic E-state index is 0.232. The van der Waals surface area contributed by atoms with E-state index in [0.717, 1.165) is 0 Å². The van der Waals surface area contributed by atoms with Crippen molar-refractivity contribution in [3.8, 4) is 5.75 Å². The minimum Gasteiger partial charge on any atom is -0.495 e. The summed E-state index contributed by atoms with van der Waals surface area (Å²) >= 11 is 6.19. The monoisotopic (exact) mass is 258 g/mol. The van der Waals surface area contributed by atoms with E-state index in [9.17, 15) is 4.79 Å². The third-order valence-electron chi connectivity index (χ3n) is 2.10. The van der Waals surface area contributed by atoms with Gasteiger partial charge in [0.25, 0.3) is 5.91 Å². The maximum atomic E-state index is 11.9. The number of nitrogens with two attached hydrogens (primary N) is 1. The van der Waals surface area contributed by atoms with Gasteiger partial charge in [-0.2, -0.15) is 0 Å². The number of ether oxygens (including phenoxy) is 1. The number of hydrogen-bond acceptors (Lipinski definition) is 4. The maximum Gasteiger partial charge on any atom is 0.265 e. The van der Waals surface area contributed by atoms with E-state index in [0.29, 0.717) is 10.6 Å². The Morgan fingerprint density at radius 2 is 2.25 bits per heavy atom. The van der Waals surface area contributed by atoms with E-state index in [1.165, 1.54) is 18.4 Å². The fourth-order valence-corrected chi connectivity index (χ4v) is 1.83. The van der Waals surface area contributed by atoms with Gasteiger partial charge < -0.3 is 15.8 Å². The van der Waals surface area contributed by atoms with Gasteiger partial charge in [-0.1, -0.05) is 12.2 Å². The lowest BCUT2D eigenvalue weighted by molar-refractivity contribution is 0.0933. The molecule has 0 radical (unpaired) electrons. The summed E-state index contributed by atoms with van der Waals surface area (Å²) < 4.78 is 5.07. The minimum atomic E-state index is -0.707. The van der Waals surface area contributed by atoms with E-state index in [4.69, 9.17) is 22.7 Å². The Morgan fingerprint density at radius 1 is 1.62 bits per heavy atom. The number of methoxy groups -OCH3 is 1. The van der Waals surface area contributed by atoms with Crippen LogP contribution in [-0.2, 0) is 0 Å². The van der Waals surface area contributed by atoms with Crippen molar-refractivity contribution in [3.05, 3.63) is 16.3 Å². The smallest absolute Gasteiger partial charge is 0.265 e. The number of thiophene rings is 1. The maximum absolute atomic E-state index is 11.9. The molecule has 0 aromatic carbocycles. The molecule has 1 heterocycles. The van der Waals surface area contributed by atoms with Crippen LogP contribution in [-0.4, -0.2) is 23.5 Å². The second-order valence-electron chi connectivity index (χ2n) is 3.76. The standard InChI is InChI=1S/C10H14N2O2S2/c1-10(2,9(11)15)12-8(13)7-6(14-3)4-5-16-7/h4-5H,1-3H3,(H2,11,15)(H,12,13). The van der Waals surface area contributed by atoms with Crippen LogP contribution in [0, 0.1) is 0 Å². The normalized spacial score (nSPS) is 10.9. The van der Waals surface area contributed by atoms with Gasteiger partial charge in [-0.3, -0.25) is 4.79 Å². The number of rotatable bonds is 4. The molecule has 0 atom stereocenters. The van der Waals surface area contributed by atoms with Gasteiger partial charge >= 0.3 is 0 Å². The van der Waals surface area contributed by atoms with Crippen molar-refractivity contribution >= 4 is 34.5 Å². The van der Waals surface area contributed by atoms with Gasteiger partial charge in [-0.15, -0.1) is 11.3 Å². The zero-order valence-electron chi connectivity index (χ0n) is 9.37. The van der Waals surface area contributed by atoms with Crippen molar-refractivity contribution in [1.29, 1.82) is 0 Å². The summed E-state index contributed by atoms with van der Waals surface area (Å²) in [5, 5.41) is 4.55. The van der Waals surface area contributed by atoms with Crippen LogP contribution in [0.25, 0.3) is 0 Å². The van der Waals surface area contributed by atoms with Crippen LogP contribution in [0.4, 0.5) is 0 Å². The fraction of sp³-hybridized carbons (Fsp3) is 0.400. The van der Waals surface area contributed by atoms with Crippen LogP contribution in [0.5, 0.6) is 5.75 Å². The van der Waals surface area contributed by atoms with Crippen molar-refractivity contribution in [2.24, 2.45) is 5.73 Å². The van der Waals surface area contributed by atoms with E-state index < -0.39 is 5.54 Å². The summed E-state index contributed by atoms with van der Waals surface area (Å²) in [5.41, 5.74) is 4.82. The van der Waals surface area contributed by atoms with Crippen molar-refractivity contribution in [2.45, 2.75) is 19.4 Å². The third kappa shape index (κ3) is 2.70. The van der Waals surface area contributed by atoms with Crippen LogP contribution in [0.1, 0.15) is 23.5 Å². The van der Waals surface area contributed by atoms with Crippen molar-refractivity contribution in [3.63, 3.8) is 0 Å². The molecule has 1 aromatic rings. The number of carbonyl (C=O) groups is 1. The average Bonchev–Trinajstić information content (AvgIpc) is 2.64. The molecule has 4 nitrogen and oxygen atoms in total. The second kappa shape index (κ2) is 4.80. The first kappa shape index (κ1) is 12.9. The highest BCUT2D eigenvalue weighted by molar-refractivity contribution is 7.80. The van der Waals surface area contributed by atoms with E-state index in [2.05, 4.69) is 5.32 Å². The SMILES string of the molecule is COc1ccsc1C(=O)NC(C)(C)C(N)=S. The van der Waals surface area contributed by atoms with E-state index >= 15 is 0 Å². The van der Waals surface area contributed by atoms with Gasteiger partial charge in [0.2, 0.25) is 0 Å². The van der Waals surface area contributed by atoms with Gasteiger partial charge in [0.15, 0.2) is 0 Å². The molecule has 0 spiro atoms. The van der Waals surface area contributed by atoms with Gasteiger partial charge in [-0.25, -0.2) is 0 Å². The molecule has 0 aliphatic heterocycles. The molecule has 88 valence electrons. The summed E-state index contributed by atoms with van der Waals surface area (Å²) in [7, 11) is 1.53. The molecule has 0 fully saturated rings. The Hall–Kier alpha value is -1.14. The predicted octanol–water partition coefficient (Wildman–Crippen LogP) is 1.55. The molecule has 0 saturated carbocycles. The Balaban J connectivity index is 2.85. The Labute approximate surface area is 104 Å². The summed E-state index contributed by atoms with van der Waals surface area (Å²) in [6.45, 7) is 3.51. The Morgan fingerprint density at radius 3 is 2.75 bits per heavy atom. The van der Waals surface area contributed by atoms with Crippen LogP contribution in [0.15, 0.2) is 11.4 Å². The summed E-state index contributed by atoms with van der Waals surface area (Å²) in [6.07, 6.45) is 0. The molecule has 1 rings (SSSR count). The lowest BCUT2D eigenvalue weighted by Gasteiger charge is -2.24. The quantitative estimate of drug-likeness (QED) is 0.804. The van der Waals surface area contributed by atoms with Gasteiger partial charge in [0.1, 0.15) is 10.6 Å². The van der Waals surface area contributed by atoms with E-state index in [1.807, 2.05) is 0 Å². The first-order valence-electron chi connectivity index (χ1n) is 4.62. The number of thiocarbonyl (C=S) groups is 1. The molecule has 0 saturated heterocycles. The first-order valence-corrected chi connectivity index (χ1v) is 5.91. The van der Waals surface area contributed by atoms with Gasteiger partial charge in [0, 0.05) is 0 Å². The number of carbonyl (C=O) groups excluding carboxylic acids is 1. The molecule has 6 heteroatoms. The lowest BCUT2D eigenvalue weighted by atomic mass is 10.1. The summed E-state index contributed by atoms with van der Waals surface area (Å²) in [6, 6.07) is 1.74. The lowest BCUT2D eigenvalue weighted by Crippen LogP contribution is -2.52. The van der Waals surface area contributed by atoms with Crippen molar-refractivity contribution in [2.75, 3.05) is 7.11 Å². The van der Waals surface area contributed by atoms with Crippen LogP contribution in [0.3, 0.4) is 0 Å². The van der Waals surface area contributed by atoms with E-state index in [1.54, 1.807) is 25.3 Å². The molecule has 0 aliphatic carbocycles. The highest BCUT2D eigenvalue weighted by Crippen LogP contribution is 2.24. The average molecular weight is 258 g/mol. The molecule has 0 unspecified atom stereocenters. The number of nitrogens with one attached hydrogen (secondary N) is 1. The van der Waals surface area contributed by atoms with E-state index in [-0.39, 0.29) is 10.9 Å². The highest BCUT2D eigenvalue weighted by atomic mass is 32.1. The van der Waals surface area contributed by atoms with Gasteiger partial charge in [0.05, 0.1) is 17.6 Å². The zero-order valence-corrected chi connectivity index (χ0v) is 11.0. The first-order chi connectivity index (χ1) is 7.38. The Bertz CT molecular complexity index is 413. The van der Waals surface area contributed by atoms with Gasteiger partial charge in [-0.05, 0) is 25.3 Å². The molecular formula is C10H14N2O2S2. The molecule has 0 aliphatic rings. The molecule has 3 N–H and O–H groups in total. The molecule has 0 bridgehead atoms. The fourth-order valence-electron chi connectivity index (χ4n) is 1.03. The topological polar surface area (TPSA) is 64.3 Å². The predicted molar refractivity (Wildman–Crippen MR) is 69.2 cm³/mol. The van der Waals surface area contributed by atoms with Crippen LogP contribution < -0.4 is 15.8 Å². The number of hydrogen-bond donors (Lipinski definition) is 2. The molecule has 1 amide bonds. The zero-order chi connectivity index (χ0) is 12.3. The molecule has 16 heavy (non-hydrogen) atoms. The summed E-state index contributed by atoms with van der Waals surface area (Å²) in [4.78, 5) is 12.7.